The molecule has 0 atom stereocenters. The Morgan fingerprint density at radius 1 is 1.00 bits per heavy atom. The number of hydrogen-bond acceptors (Lipinski definition) is 6. The van der Waals surface area contributed by atoms with Crippen LogP contribution < -0.4 is 4.74 Å². The highest BCUT2D eigenvalue weighted by Gasteiger charge is 2.21. The van der Waals surface area contributed by atoms with E-state index in [1.165, 1.54) is 38.2 Å². The normalized spacial score (nSPS) is 14.8. The molecule has 1 aromatic heterocycles. The Balaban J connectivity index is 1.70. The molecule has 7 heteroatoms. The first-order valence-corrected chi connectivity index (χ1v) is 11.5. The van der Waals surface area contributed by atoms with Gasteiger partial charge < -0.3 is 14.9 Å². The van der Waals surface area contributed by atoms with E-state index in [9.17, 15) is 10.2 Å². The van der Waals surface area contributed by atoms with Crippen LogP contribution in [-0.2, 0) is 6.54 Å². The van der Waals surface area contributed by atoms with Crippen LogP contribution in [0.4, 0.5) is 0 Å². The molecule has 4 rings (SSSR count). The first-order valence-electron chi connectivity index (χ1n) is 11.5. The Morgan fingerprint density at radius 3 is 2.47 bits per heavy atom. The molecule has 1 fully saturated rings. The fourth-order valence-electron chi connectivity index (χ4n) is 4.60. The number of phenolic OH excluding ortho intramolecular Hbond substituents is 2. The molecule has 0 saturated heterocycles. The third-order valence-corrected chi connectivity index (χ3v) is 6.54. The molecule has 1 saturated carbocycles. The van der Waals surface area contributed by atoms with Gasteiger partial charge >= 0.3 is 0 Å². The highest BCUT2D eigenvalue weighted by Crippen LogP contribution is 2.43. The van der Waals surface area contributed by atoms with Crippen molar-refractivity contribution in [1.82, 2.24) is 20.2 Å². The highest BCUT2D eigenvalue weighted by molar-refractivity contribution is 5.82. The summed E-state index contributed by atoms with van der Waals surface area (Å²) in [7, 11) is 1.61. The minimum Gasteiger partial charge on any atom is -0.507 e. The van der Waals surface area contributed by atoms with E-state index >= 15 is 0 Å². The smallest absolute Gasteiger partial charge is 0.185 e. The molecule has 2 N–H and O–H groups in total. The van der Waals surface area contributed by atoms with Crippen LogP contribution in [-0.4, -0.2) is 37.5 Å². The molecular formula is C25H32N4O3. The Morgan fingerprint density at radius 2 is 1.75 bits per heavy atom. The van der Waals surface area contributed by atoms with E-state index in [0.29, 0.717) is 41.1 Å². The summed E-state index contributed by atoms with van der Waals surface area (Å²) in [6, 6.07) is 9.05. The number of phenols is 2. The number of aromatic hydroxyl groups is 2. The van der Waals surface area contributed by atoms with Crippen molar-refractivity contribution in [1.29, 1.82) is 0 Å². The topological polar surface area (TPSA) is 93.3 Å². The van der Waals surface area contributed by atoms with Gasteiger partial charge in [0.05, 0.1) is 12.7 Å². The molecule has 7 nitrogen and oxygen atoms in total. The number of nitrogens with zero attached hydrogens (tertiary/aromatic N) is 4. The van der Waals surface area contributed by atoms with Gasteiger partial charge in [-0.05, 0) is 52.4 Å². The van der Waals surface area contributed by atoms with Crippen molar-refractivity contribution in [2.75, 3.05) is 7.11 Å². The van der Waals surface area contributed by atoms with Crippen molar-refractivity contribution in [3.8, 4) is 39.8 Å². The zero-order chi connectivity index (χ0) is 22.7. The van der Waals surface area contributed by atoms with Crippen molar-refractivity contribution in [3.63, 3.8) is 0 Å². The summed E-state index contributed by atoms with van der Waals surface area (Å²) >= 11 is 0. The second-order valence-corrected chi connectivity index (χ2v) is 9.02. The summed E-state index contributed by atoms with van der Waals surface area (Å²) in [5, 5.41) is 33.6. The predicted octanol–water partition coefficient (Wildman–Crippen LogP) is 5.52. The number of ether oxygens (including phenoxy) is 1. The zero-order valence-corrected chi connectivity index (χ0v) is 19.1. The summed E-state index contributed by atoms with van der Waals surface area (Å²) in [5.41, 5.74) is 2.95. The number of hydrogen-bond donors (Lipinski definition) is 2. The number of aromatic nitrogens is 4. The molecule has 32 heavy (non-hydrogen) atoms. The van der Waals surface area contributed by atoms with Gasteiger partial charge in [0.1, 0.15) is 17.2 Å². The summed E-state index contributed by atoms with van der Waals surface area (Å²) in [6.07, 6.45) is 7.47. The highest BCUT2D eigenvalue weighted by atomic mass is 16.5. The van der Waals surface area contributed by atoms with Gasteiger partial charge in [0, 0.05) is 23.7 Å². The lowest BCUT2D eigenvalue weighted by Gasteiger charge is -2.21. The maximum atomic E-state index is 10.7. The maximum absolute atomic E-state index is 10.7. The Kier molecular flexibility index (Phi) is 6.63. The van der Waals surface area contributed by atoms with Crippen LogP contribution in [0.1, 0.15) is 63.9 Å². The average molecular weight is 437 g/mol. The van der Waals surface area contributed by atoms with E-state index in [2.05, 4.69) is 29.4 Å². The number of aryl methyl sites for hydroxylation is 1. The van der Waals surface area contributed by atoms with Crippen molar-refractivity contribution in [3.05, 3.63) is 35.9 Å². The second kappa shape index (κ2) is 9.59. The van der Waals surface area contributed by atoms with Gasteiger partial charge in [-0.25, -0.2) is 4.68 Å². The van der Waals surface area contributed by atoms with Crippen LogP contribution in [0.5, 0.6) is 17.2 Å². The molecule has 0 unspecified atom stereocenters. The van der Waals surface area contributed by atoms with Crippen LogP contribution >= 0.6 is 0 Å². The predicted molar refractivity (Wildman–Crippen MR) is 124 cm³/mol. The van der Waals surface area contributed by atoms with Gasteiger partial charge in [-0.15, -0.1) is 5.10 Å². The molecule has 0 radical (unpaired) electrons. The van der Waals surface area contributed by atoms with Gasteiger partial charge in [-0.2, -0.15) is 0 Å². The van der Waals surface area contributed by atoms with Crippen LogP contribution in [0.15, 0.2) is 30.3 Å². The summed E-state index contributed by atoms with van der Waals surface area (Å²) < 4.78 is 7.32. The minimum absolute atomic E-state index is 0.0216. The minimum atomic E-state index is -0.0565. The van der Waals surface area contributed by atoms with Gasteiger partial charge in [0.15, 0.2) is 5.82 Å². The van der Waals surface area contributed by atoms with Crippen LogP contribution in [0.2, 0.25) is 0 Å². The molecule has 1 aliphatic rings. The van der Waals surface area contributed by atoms with E-state index in [4.69, 9.17) is 4.74 Å². The first kappa shape index (κ1) is 22.1. The Bertz CT molecular complexity index is 1070. The zero-order valence-electron chi connectivity index (χ0n) is 19.1. The molecule has 1 heterocycles. The number of rotatable bonds is 7. The molecule has 3 aromatic rings. The molecule has 0 spiro atoms. The molecule has 2 aromatic carbocycles. The van der Waals surface area contributed by atoms with Crippen molar-refractivity contribution in [2.24, 2.45) is 5.92 Å². The maximum Gasteiger partial charge on any atom is 0.185 e. The van der Waals surface area contributed by atoms with E-state index in [0.717, 1.165) is 17.5 Å². The van der Waals surface area contributed by atoms with Crippen molar-refractivity contribution < 1.29 is 14.9 Å². The average Bonchev–Trinajstić information content (AvgIpc) is 3.26. The van der Waals surface area contributed by atoms with E-state index < -0.39 is 0 Å². The SMILES string of the molecule is COc1ccc(C(C)C)cc1-c1cc(-c2nnnn2CCC2CCCCC2)c(O)cc1O. The fourth-order valence-corrected chi connectivity index (χ4v) is 4.60. The second-order valence-electron chi connectivity index (χ2n) is 9.02. The molecular weight excluding hydrogens is 404 g/mol. The van der Waals surface area contributed by atoms with Gasteiger partial charge in [0.25, 0.3) is 0 Å². The molecule has 0 aliphatic heterocycles. The molecule has 0 amide bonds. The Labute approximate surface area is 189 Å². The third kappa shape index (κ3) is 4.56. The van der Waals surface area contributed by atoms with E-state index in [1.807, 2.05) is 18.2 Å². The first-order chi connectivity index (χ1) is 15.5. The fraction of sp³-hybridized carbons (Fsp3) is 0.480. The van der Waals surface area contributed by atoms with E-state index in [1.54, 1.807) is 17.9 Å². The Hall–Kier alpha value is -3.09. The lowest BCUT2D eigenvalue weighted by atomic mass is 9.87. The van der Waals surface area contributed by atoms with Crippen molar-refractivity contribution in [2.45, 2.75) is 64.8 Å². The quantitative estimate of drug-likeness (QED) is 0.506. The summed E-state index contributed by atoms with van der Waals surface area (Å²) in [5.74, 6) is 2.10. The van der Waals surface area contributed by atoms with Crippen LogP contribution in [0, 0.1) is 5.92 Å². The van der Waals surface area contributed by atoms with Crippen LogP contribution in [0.3, 0.4) is 0 Å². The molecule has 1 aliphatic carbocycles. The largest absolute Gasteiger partial charge is 0.507 e. The number of benzene rings is 2. The van der Waals surface area contributed by atoms with Crippen molar-refractivity contribution >= 4 is 0 Å². The van der Waals surface area contributed by atoms with Gasteiger partial charge in [0.2, 0.25) is 0 Å². The third-order valence-electron chi connectivity index (χ3n) is 6.54. The number of methoxy groups -OCH3 is 1. The van der Waals surface area contributed by atoms with E-state index in [-0.39, 0.29) is 11.5 Å². The standard InChI is InChI=1S/C25H32N4O3/c1-16(2)18-9-10-24(32-3)20(13-18)19-14-21(23(31)15-22(19)30)25-26-27-28-29(25)12-11-17-7-5-4-6-8-17/h9-10,13-17,30-31H,4-8,11-12H2,1-3H3. The van der Waals surface area contributed by atoms with Crippen LogP contribution in [0.25, 0.3) is 22.5 Å². The lowest BCUT2D eigenvalue weighted by molar-refractivity contribution is 0.318. The monoisotopic (exact) mass is 436 g/mol. The van der Waals surface area contributed by atoms with Gasteiger partial charge in [-0.1, -0.05) is 52.0 Å². The lowest BCUT2D eigenvalue weighted by Crippen LogP contribution is -2.11. The number of tetrazole rings is 1. The summed E-state index contributed by atoms with van der Waals surface area (Å²) in [6.45, 7) is 4.94. The molecule has 170 valence electrons. The van der Waals surface area contributed by atoms with Gasteiger partial charge in [-0.3, -0.25) is 0 Å². The summed E-state index contributed by atoms with van der Waals surface area (Å²) in [4.78, 5) is 0. The molecule has 0 bridgehead atoms.